The predicted molar refractivity (Wildman–Crippen MR) is 109 cm³/mol. The molecule has 0 spiro atoms. The number of hydrogen-bond acceptors (Lipinski definition) is 4. The molecule has 3 rings (SSSR count). The monoisotopic (exact) mass is 418 g/mol. The third-order valence-electron chi connectivity index (χ3n) is 4.32. The van der Waals surface area contributed by atoms with E-state index >= 15 is 0 Å². The lowest BCUT2D eigenvalue weighted by Gasteiger charge is -2.19. The van der Waals surface area contributed by atoms with Gasteiger partial charge in [-0.1, -0.05) is 18.2 Å². The molecule has 0 bridgehead atoms. The largest absolute Gasteiger partial charge is 0.346 e. The average molecular weight is 419 g/mol. The normalized spacial score (nSPS) is 12.4. The Morgan fingerprint density at radius 3 is 2.29 bits per heavy atom. The van der Waals surface area contributed by atoms with Gasteiger partial charge in [0.15, 0.2) is 0 Å². The molecule has 2 aromatic carbocycles. The van der Waals surface area contributed by atoms with Crippen molar-refractivity contribution in [2.75, 3.05) is 11.4 Å². The summed E-state index contributed by atoms with van der Waals surface area (Å²) >= 11 is 1.15. The summed E-state index contributed by atoms with van der Waals surface area (Å²) in [6, 6.07) is 15.2. The summed E-state index contributed by atoms with van der Waals surface area (Å²) in [7, 11) is -2.15. The van der Waals surface area contributed by atoms with Crippen LogP contribution in [-0.2, 0) is 10.0 Å². The molecule has 1 aromatic heterocycles. The molecule has 28 heavy (non-hydrogen) atoms. The molecular weight excluding hydrogens is 399 g/mol. The van der Waals surface area contributed by atoms with Crippen LogP contribution in [0.5, 0.6) is 0 Å². The molecule has 0 aliphatic heterocycles. The fourth-order valence-corrected chi connectivity index (χ4v) is 4.98. The Kier molecular flexibility index (Phi) is 5.81. The van der Waals surface area contributed by atoms with Crippen LogP contribution in [0.25, 0.3) is 0 Å². The van der Waals surface area contributed by atoms with Crippen molar-refractivity contribution in [3.63, 3.8) is 0 Å². The van der Waals surface area contributed by atoms with Gasteiger partial charge in [-0.2, -0.15) is 0 Å². The summed E-state index contributed by atoms with van der Waals surface area (Å²) in [4.78, 5) is 12.4. The van der Waals surface area contributed by atoms with Gasteiger partial charge in [-0.15, -0.1) is 11.3 Å². The van der Waals surface area contributed by atoms with Crippen molar-refractivity contribution in [1.29, 1.82) is 0 Å². The summed E-state index contributed by atoms with van der Waals surface area (Å²) in [6.45, 7) is 1.81. The highest BCUT2D eigenvalue weighted by atomic mass is 32.2. The minimum atomic E-state index is -3.62. The van der Waals surface area contributed by atoms with Gasteiger partial charge in [0.2, 0.25) is 0 Å². The topological polar surface area (TPSA) is 66.5 Å². The zero-order valence-electron chi connectivity index (χ0n) is 15.3. The van der Waals surface area contributed by atoms with Gasteiger partial charge in [0, 0.05) is 12.6 Å². The first-order valence-corrected chi connectivity index (χ1v) is 10.8. The number of amides is 1. The Morgan fingerprint density at radius 2 is 1.71 bits per heavy atom. The maximum Gasteiger partial charge on any atom is 0.273 e. The number of anilines is 1. The summed E-state index contributed by atoms with van der Waals surface area (Å²) in [5.41, 5.74) is 1.64. The number of carbonyl (C=O) groups excluding carboxylic acids is 1. The number of nitrogens with one attached hydrogen (secondary N) is 1. The van der Waals surface area contributed by atoms with Crippen molar-refractivity contribution in [2.45, 2.75) is 17.2 Å². The number of sulfonamides is 1. The molecule has 0 radical (unpaired) electrons. The van der Waals surface area contributed by atoms with Crippen molar-refractivity contribution in [3.8, 4) is 0 Å². The molecule has 0 aliphatic rings. The summed E-state index contributed by atoms with van der Waals surface area (Å²) in [5, 5.41) is 4.55. The molecular formula is C20H19FN2O3S2. The third kappa shape index (κ3) is 4.23. The second kappa shape index (κ2) is 8.12. The molecule has 0 saturated carbocycles. The highest BCUT2D eigenvalue weighted by Crippen LogP contribution is 2.25. The van der Waals surface area contributed by atoms with Crippen molar-refractivity contribution in [3.05, 3.63) is 83.0 Å². The molecule has 0 fully saturated rings. The maximum atomic E-state index is 13.0. The van der Waals surface area contributed by atoms with Crippen LogP contribution in [-0.4, -0.2) is 21.4 Å². The molecule has 0 aliphatic carbocycles. The zero-order valence-corrected chi connectivity index (χ0v) is 16.9. The van der Waals surface area contributed by atoms with Crippen LogP contribution < -0.4 is 9.62 Å². The lowest BCUT2D eigenvalue weighted by Crippen LogP contribution is -2.27. The second-order valence-corrected chi connectivity index (χ2v) is 9.34. The molecule has 1 N–H and O–H groups in total. The van der Waals surface area contributed by atoms with Gasteiger partial charge in [-0.25, -0.2) is 12.8 Å². The van der Waals surface area contributed by atoms with E-state index in [9.17, 15) is 17.6 Å². The number of nitrogens with zero attached hydrogens (tertiary/aromatic N) is 1. The van der Waals surface area contributed by atoms with Crippen LogP contribution >= 0.6 is 11.3 Å². The number of hydrogen-bond donors (Lipinski definition) is 1. The van der Waals surface area contributed by atoms with Gasteiger partial charge in [0.25, 0.3) is 15.9 Å². The van der Waals surface area contributed by atoms with E-state index < -0.39 is 10.0 Å². The van der Waals surface area contributed by atoms with Crippen LogP contribution in [0.2, 0.25) is 0 Å². The highest BCUT2D eigenvalue weighted by Gasteiger charge is 2.22. The molecule has 1 atom stereocenters. The Balaban J connectivity index is 1.71. The van der Waals surface area contributed by atoms with E-state index in [1.54, 1.807) is 60.8 Å². The minimum Gasteiger partial charge on any atom is -0.346 e. The standard InChI is InChI=1S/C20H19FN2O3S2/c1-14(15-5-9-17(21)10-6-15)22-20(24)16-7-11-18(12-8-16)23(2)28(25,26)19-4-3-13-27-19/h3-14H,1-2H3,(H,22,24)/t14-/m0/s1. The molecule has 0 saturated heterocycles. The van der Waals surface area contributed by atoms with Crippen molar-refractivity contribution in [2.24, 2.45) is 0 Å². The number of benzene rings is 2. The van der Waals surface area contributed by atoms with Gasteiger partial charge in [0.1, 0.15) is 10.0 Å². The van der Waals surface area contributed by atoms with Gasteiger partial charge >= 0.3 is 0 Å². The first kappa shape index (κ1) is 20.0. The lowest BCUT2D eigenvalue weighted by atomic mass is 10.1. The average Bonchev–Trinajstić information content (AvgIpc) is 3.23. The Bertz CT molecular complexity index is 1050. The molecule has 0 unspecified atom stereocenters. The summed E-state index contributed by atoms with van der Waals surface area (Å²) in [6.07, 6.45) is 0. The maximum absolute atomic E-state index is 13.0. The fraction of sp³-hybridized carbons (Fsp3) is 0.150. The molecule has 3 aromatic rings. The number of rotatable bonds is 6. The van der Waals surface area contributed by atoms with E-state index in [0.29, 0.717) is 11.3 Å². The molecule has 5 nitrogen and oxygen atoms in total. The molecule has 1 amide bonds. The summed E-state index contributed by atoms with van der Waals surface area (Å²) in [5.74, 6) is -0.633. The molecule has 8 heteroatoms. The quantitative estimate of drug-likeness (QED) is 0.652. The number of halogens is 1. The van der Waals surface area contributed by atoms with Crippen LogP contribution in [0.4, 0.5) is 10.1 Å². The first-order chi connectivity index (χ1) is 13.3. The lowest BCUT2D eigenvalue weighted by molar-refractivity contribution is 0.0940. The van der Waals surface area contributed by atoms with Crippen molar-refractivity contribution in [1.82, 2.24) is 5.32 Å². The van der Waals surface area contributed by atoms with E-state index in [2.05, 4.69) is 5.32 Å². The molecule has 146 valence electrons. The number of carbonyl (C=O) groups is 1. The Hall–Kier alpha value is -2.71. The predicted octanol–water partition coefficient (Wildman–Crippen LogP) is 4.20. The fourth-order valence-electron chi connectivity index (χ4n) is 2.62. The minimum absolute atomic E-state index is 0.255. The van der Waals surface area contributed by atoms with E-state index in [0.717, 1.165) is 16.9 Å². The first-order valence-electron chi connectivity index (χ1n) is 8.48. The van der Waals surface area contributed by atoms with Crippen LogP contribution in [0, 0.1) is 5.82 Å². The summed E-state index contributed by atoms with van der Waals surface area (Å²) < 4.78 is 39.6. The van der Waals surface area contributed by atoms with E-state index in [1.807, 2.05) is 0 Å². The van der Waals surface area contributed by atoms with Gasteiger partial charge in [0.05, 0.1) is 11.7 Å². The number of thiophene rings is 1. The van der Waals surface area contributed by atoms with Crippen LogP contribution in [0.15, 0.2) is 70.3 Å². The third-order valence-corrected chi connectivity index (χ3v) is 7.48. The Morgan fingerprint density at radius 1 is 1.07 bits per heavy atom. The van der Waals surface area contributed by atoms with E-state index in [1.165, 1.54) is 23.5 Å². The van der Waals surface area contributed by atoms with Gasteiger partial charge in [-0.3, -0.25) is 9.10 Å². The second-order valence-electron chi connectivity index (χ2n) is 6.20. The SMILES string of the molecule is C[C@H](NC(=O)c1ccc(N(C)S(=O)(=O)c2cccs2)cc1)c1ccc(F)cc1. The van der Waals surface area contributed by atoms with Gasteiger partial charge in [-0.05, 0) is 60.3 Å². The highest BCUT2D eigenvalue weighted by molar-refractivity contribution is 7.94. The Labute approximate surface area is 167 Å². The van der Waals surface area contributed by atoms with Crippen LogP contribution in [0.3, 0.4) is 0 Å². The molecule has 1 heterocycles. The van der Waals surface area contributed by atoms with Crippen molar-refractivity contribution >= 4 is 33.0 Å². The van der Waals surface area contributed by atoms with E-state index in [-0.39, 0.29) is 22.0 Å². The van der Waals surface area contributed by atoms with Gasteiger partial charge < -0.3 is 5.32 Å². The zero-order chi connectivity index (χ0) is 20.3. The van der Waals surface area contributed by atoms with Crippen molar-refractivity contribution < 1.29 is 17.6 Å². The van der Waals surface area contributed by atoms with Crippen LogP contribution in [0.1, 0.15) is 28.9 Å². The van der Waals surface area contributed by atoms with E-state index in [4.69, 9.17) is 0 Å². The smallest absolute Gasteiger partial charge is 0.273 e.